The van der Waals surface area contributed by atoms with Gasteiger partial charge in [-0.15, -0.1) is 0 Å². The number of amides is 2. The fourth-order valence-corrected chi connectivity index (χ4v) is 5.97. The number of aromatic nitrogens is 3. The number of nitrogens with zero attached hydrogens (tertiary/aromatic N) is 5. The van der Waals surface area contributed by atoms with E-state index in [9.17, 15) is 18.8 Å². The summed E-state index contributed by atoms with van der Waals surface area (Å²) >= 11 is 0. The highest BCUT2D eigenvalue weighted by molar-refractivity contribution is 6.12. The van der Waals surface area contributed by atoms with Crippen molar-refractivity contribution in [1.82, 2.24) is 24.6 Å². The first kappa shape index (κ1) is 28.3. The summed E-state index contributed by atoms with van der Waals surface area (Å²) in [6.45, 7) is 4.52. The summed E-state index contributed by atoms with van der Waals surface area (Å²) in [6, 6.07) is 4.50. The standard InChI is InChI=1S/C30H36FN7O3/c1-4-20(12-32)21-7-8-27-25(10-21)26(19(2)39)17-37(27)18-29(40)38-14-22(31)11-28(38)30(41)34-23-6-5-9-36(15-23)24-13-33-35(3)16-24/h4,7-8,10,12-13,16-17,22-23,28,32H,5-6,9,11,14-15,18H2,1-3H3,(H,34,41)/t22-,23?,28+/m1/s1. The Kier molecular flexibility index (Phi) is 8.05. The second kappa shape index (κ2) is 11.7. The fraction of sp³-hybridized carbons (Fsp3) is 0.433. The van der Waals surface area contributed by atoms with Crippen LogP contribution in [0.25, 0.3) is 16.5 Å². The number of hydrogen-bond donors (Lipinski definition) is 2. The van der Waals surface area contributed by atoms with Gasteiger partial charge in [-0.05, 0) is 50.0 Å². The highest BCUT2D eigenvalue weighted by Crippen LogP contribution is 2.28. The van der Waals surface area contributed by atoms with Crippen molar-refractivity contribution in [2.45, 2.75) is 57.9 Å². The summed E-state index contributed by atoms with van der Waals surface area (Å²) in [5, 5.41) is 15.6. The Morgan fingerprint density at radius 1 is 1.22 bits per heavy atom. The topological polar surface area (TPSA) is 116 Å². The van der Waals surface area contributed by atoms with Crippen molar-refractivity contribution in [2.75, 3.05) is 24.5 Å². The number of anilines is 1. The molecule has 10 nitrogen and oxygen atoms in total. The molecule has 41 heavy (non-hydrogen) atoms. The van der Waals surface area contributed by atoms with Gasteiger partial charge in [0.25, 0.3) is 0 Å². The number of alkyl halides is 1. The lowest BCUT2D eigenvalue weighted by molar-refractivity contribution is -0.139. The molecule has 5 rings (SSSR count). The van der Waals surface area contributed by atoms with Crippen LogP contribution in [0.1, 0.15) is 49.0 Å². The Morgan fingerprint density at radius 2 is 2.02 bits per heavy atom. The number of benzene rings is 1. The minimum absolute atomic E-state index is 0.0408. The van der Waals surface area contributed by atoms with Gasteiger partial charge in [0, 0.05) is 67.7 Å². The molecule has 0 spiro atoms. The van der Waals surface area contributed by atoms with Gasteiger partial charge in [-0.3, -0.25) is 19.1 Å². The van der Waals surface area contributed by atoms with Crippen molar-refractivity contribution in [3.63, 3.8) is 0 Å². The summed E-state index contributed by atoms with van der Waals surface area (Å²) < 4.78 is 18.1. The third-order valence-corrected chi connectivity index (χ3v) is 8.06. The summed E-state index contributed by atoms with van der Waals surface area (Å²) in [4.78, 5) is 42.8. The Hall–Kier alpha value is -4.28. The number of nitrogens with one attached hydrogen (secondary N) is 2. The number of likely N-dealkylation sites (tertiary alicyclic amines) is 1. The maximum Gasteiger partial charge on any atom is 0.243 e. The van der Waals surface area contributed by atoms with E-state index >= 15 is 0 Å². The maximum absolute atomic E-state index is 14.6. The number of halogens is 1. The molecule has 1 aromatic carbocycles. The zero-order valence-electron chi connectivity index (χ0n) is 23.6. The largest absolute Gasteiger partial charge is 0.367 e. The molecule has 2 aromatic heterocycles. The molecule has 0 bridgehead atoms. The van der Waals surface area contributed by atoms with Crippen LogP contribution in [0.5, 0.6) is 0 Å². The SMILES string of the molecule is CC=C(C=N)c1ccc2c(c1)c(C(C)=O)cn2CC(=O)N1C[C@H](F)C[C@H]1C(=O)NC1CCCN(c2cnn(C)c2)C1. The van der Waals surface area contributed by atoms with E-state index in [4.69, 9.17) is 5.41 Å². The van der Waals surface area contributed by atoms with E-state index in [1.807, 2.05) is 44.4 Å². The smallest absolute Gasteiger partial charge is 0.243 e. The minimum Gasteiger partial charge on any atom is -0.367 e. The van der Waals surface area contributed by atoms with Crippen LogP contribution < -0.4 is 10.2 Å². The van der Waals surface area contributed by atoms with E-state index < -0.39 is 12.2 Å². The van der Waals surface area contributed by atoms with E-state index in [2.05, 4.69) is 15.3 Å². The van der Waals surface area contributed by atoms with Gasteiger partial charge < -0.3 is 25.1 Å². The van der Waals surface area contributed by atoms with Crippen molar-refractivity contribution in [3.8, 4) is 0 Å². The summed E-state index contributed by atoms with van der Waals surface area (Å²) in [5.74, 6) is -0.866. The molecule has 2 aliphatic rings. The van der Waals surface area contributed by atoms with E-state index in [-0.39, 0.29) is 43.1 Å². The van der Waals surface area contributed by atoms with Crippen molar-refractivity contribution < 1.29 is 18.8 Å². The average Bonchev–Trinajstić information content (AvgIpc) is 3.66. The number of fused-ring (bicyclic) bond motifs is 1. The number of rotatable bonds is 8. The quantitative estimate of drug-likeness (QED) is 0.323. The molecular weight excluding hydrogens is 525 g/mol. The lowest BCUT2D eigenvalue weighted by Crippen LogP contribution is -2.53. The lowest BCUT2D eigenvalue weighted by Gasteiger charge is -2.35. The van der Waals surface area contributed by atoms with E-state index in [0.717, 1.165) is 30.6 Å². The highest BCUT2D eigenvalue weighted by Gasteiger charge is 2.40. The van der Waals surface area contributed by atoms with Gasteiger partial charge >= 0.3 is 0 Å². The fourth-order valence-electron chi connectivity index (χ4n) is 5.97. The number of aryl methyl sites for hydroxylation is 1. The van der Waals surface area contributed by atoms with Crippen LogP contribution in [0.15, 0.2) is 42.9 Å². The monoisotopic (exact) mass is 561 g/mol. The molecule has 3 atom stereocenters. The lowest BCUT2D eigenvalue weighted by atomic mass is 10.0. The van der Waals surface area contributed by atoms with Crippen LogP contribution in [0.4, 0.5) is 10.1 Å². The number of carbonyl (C=O) groups is 3. The minimum atomic E-state index is -1.29. The Bertz CT molecular complexity index is 1520. The first-order chi connectivity index (χ1) is 19.7. The van der Waals surface area contributed by atoms with Crippen LogP contribution in [-0.4, -0.2) is 80.9 Å². The van der Waals surface area contributed by atoms with Gasteiger partial charge in [-0.2, -0.15) is 5.10 Å². The van der Waals surface area contributed by atoms with E-state index in [0.29, 0.717) is 28.6 Å². The predicted octanol–water partition coefficient (Wildman–Crippen LogP) is 3.35. The summed E-state index contributed by atoms with van der Waals surface area (Å²) in [5.41, 5.74) is 3.64. The van der Waals surface area contributed by atoms with Crippen LogP contribution in [0, 0.1) is 5.41 Å². The number of carbonyl (C=O) groups excluding carboxylic acids is 3. The van der Waals surface area contributed by atoms with Crippen molar-refractivity contribution >= 4 is 46.0 Å². The van der Waals surface area contributed by atoms with Crippen LogP contribution >= 0.6 is 0 Å². The van der Waals surface area contributed by atoms with E-state index in [1.54, 1.807) is 21.6 Å². The van der Waals surface area contributed by atoms with Crippen LogP contribution in [0.2, 0.25) is 0 Å². The number of allylic oxidation sites excluding steroid dienone is 2. The average molecular weight is 562 g/mol. The molecule has 1 unspecified atom stereocenters. The van der Waals surface area contributed by atoms with Gasteiger partial charge in [0.05, 0.1) is 18.4 Å². The Morgan fingerprint density at radius 3 is 2.71 bits per heavy atom. The van der Waals surface area contributed by atoms with Crippen molar-refractivity contribution in [1.29, 1.82) is 5.41 Å². The van der Waals surface area contributed by atoms with Gasteiger partial charge in [0.15, 0.2) is 5.78 Å². The Labute approximate surface area is 238 Å². The number of hydrogen-bond acceptors (Lipinski definition) is 6. The molecule has 0 aliphatic carbocycles. The van der Waals surface area contributed by atoms with Crippen molar-refractivity contribution in [2.24, 2.45) is 7.05 Å². The van der Waals surface area contributed by atoms with E-state index in [1.165, 1.54) is 18.0 Å². The number of ketones is 1. The molecule has 0 radical (unpaired) electrons. The molecule has 2 N–H and O–H groups in total. The molecular formula is C30H36FN7O3. The highest BCUT2D eigenvalue weighted by atomic mass is 19.1. The van der Waals surface area contributed by atoms with Crippen LogP contribution in [0.3, 0.4) is 0 Å². The maximum atomic E-state index is 14.6. The van der Waals surface area contributed by atoms with Gasteiger partial charge in [0.1, 0.15) is 18.8 Å². The molecule has 11 heteroatoms. The predicted molar refractivity (Wildman–Crippen MR) is 156 cm³/mol. The second-order valence-electron chi connectivity index (χ2n) is 10.9. The zero-order valence-corrected chi connectivity index (χ0v) is 23.6. The Balaban J connectivity index is 1.32. The van der Waals surface area contributed by atoms with Gasteiger partial charge in [0.2, 0.25) is 11.8 Å². The van der Waals surface area contributed by atoms with Gasteiger partial charge in [-0.1, -0.05) is 12.1 Å². The molecule has 3 aromatic rings. The van der Waals surface area contributed by atoms with Gasteiger partial charge in [-0.25, -0.2) is 4.39 Å². The molecule has 2 aliphatic heterocycles. The molecule has 2 saturated heterocycles. The molecule has 2 fully saturated rings. The molecule has 4 heterocycles. The number of piperidine rings is 1. The summed E-state index contributed by atoms with van der Waals surface area (Å²) in [6.07, 6.45) is 8.82. The second-order valence-corrected chi connectivity index (χ2v) is 10.9. The first-order valence-electron chi connectivity index (χ1n) is 14.0. The van der Waals surface area contributed by atoms with Crippen LogP contribution in [-0.2, 0) is 23.2 Å². The third-order valence-electron chi connectivity index (χ3n) is 8.06. The van der Waals surface area contributed by atoms with Crippen molar-refractivity contribution in [3.05, 3.63) is 54.0 Å². The molecule has 0 saturated carbocycles. The normalized spacial score (nSPS) is 21.4. The third kappa shape index (κ3) is 5.79. The zero-order chi connectivity index (χ0) is 29.3. The molecule has 2 amide bonds. The first-order valence-corrected chi connectivity index (χ1v) is 14.0. The summed E-state index contributed by atoms with van der Waals surface area (Å²) in [7, 11) is 1.86. The molecule has 216 valence electrons. The number of Topliss-reactive ketones (excluding diaryl/α,β-unsaturated/α-hetero) is 1.